The number of ether oxygens (including phenoxy) is 1. The summed E-state index contributed by atoms with van der Waals surface area (Å²) in [5, 5.41) is 0. The molecule has 1 aliphatic heterocycles. The van der Waals surface area contributed by atoms with Crippen molar-refractivity contribution in [3.63, 3.8) is 0 Å². The van der Waals surface area contributed by atoms with Gasteiger partial charge < -0.3 is 10.5 Å². The second-order valence-electron chi connectivity index (χ2n) is 6.13. The molecule has 0 bridgehead atoms. The lowest BCUT2D eigenvalue weighted by atomic mass is 10.0. The van der Waals surface area contributed by atoms with Crippen LogP contribution in [-0.2, 0) is 6.42 Å². The van der Waals surface area contributed by atoms with Crippen LogP contribution in [-0.4, -0.2) is 37.2 Å². The first-order valence-corrected chi connectivity index (χ1v) is 8.32. The summed E-state index contributed by atoms with van der Waals surface area (Å²) in [4.78, 5) is 2.47. The Hall–Kier alpha value is -0.580. The van der Waals surface area contributed by atoms with E-state index in [1.165, 1.54) is 24.8 Å². The third-order valence-corrected chi connectivity index (χ3v) is 5.24. The van der Waals surface area contributed by atoms with Crippen molar-refractivity contribution in [2.45, 2.75) is 37.8 Å². The highest BCUT2D eigenvalue weighted by atomic mass is 79.9. The van der Waals surface area contributed by atoms with E-state index in [9.17, 15) is 0 Å². The van der Waals surface area contributed by atoms with Crippen LogP contribution in [0.25, 0.3) is 0 Å². The van der Waals surface area contributed by atoms with E-state index in [2.05, 4.69) is 40.0 Å². The third kappa shape index (κ3) is 2.87. The molecule has 1 fully saturated rings. The Balaban J connectivity index is 1.60. The van der Waals surface area contributed by atoms with Gasteiger partial charge in [0.2, 0.25) is 0 Å². The molecule has 1 aliphatic carbocycles. The van der Waals surface area contributed by atoms with Crippen LogP contribution >= 0.6 is 15.9 Å². The van der Waals surface area contributed by atoms with Crippen LogP contribution in [0.1, 0.15) is 24.8 Å². The molecule has 1 aromatic rings. The standard InChI is InChI=1S/C16H23BrN2O/c1-19(15-4-2-3-11(15)9-18)10-14-8-12-7-13(17)5-6-16(12)20-14/h5-7,11,14-15H,2-4,8-10,18H2,1H3. The topological polar surface area (TPSA) is 38.5 Å². The number of hydrogen-bond acceptors (Lipinski definition) is 3. The van der Waals surface area contributed by atoms with Gasteiger partial charge >= 0.3 is 0 Å². The normalized spacial score (nSPS) is 28.7. The van der Waals surface area contributed by atoms with Crippen molar-refractivity contribution in [1.82, 2.24) is 4.90 Å². The smallest absolute Gasteiger partial charge is 0.123 e. The molecule has 1 saturated carbocycles. The van der Waals surface area contributed by atoms with Crippen LogP contribution in [0.4, 0.5) is 0 Å². The highest BCUT2D eigenvalue weighted by molar-refractivity contribution is 9.10. The zero-order valence-electron chi connectivity index (χ0n) is 12.0. The number of halogens is 1. The first-order valence-electron chi connectivity index (χ1n) is 7.52. The lowest BCUT2D eigenvalue weighted by Gasteiger charge is -2.30. The maximum atomic E-state index is 6.07. The van der Waals surface area contributed by atoms with Gasteiger partial charge in [0.25, 0.3) is 0 Å². The third-order valence-electron chi connectivity index (χ3n) is 4.74. The fraction of sp³-hybridized carbons (Fsp3) is 0.625. The Morgan fingerprint density at radius 3 is 3.05 bits per heavy atom. The summed E-state index contributed by atoms with van der Waals surface area (Å²) in [5.74, 6) is 1.71. The van der Waals surface area contributed by atoms with Crippen molar-refractivity contribution in [3.8, 4) is 5.75 Å². The zero-order valence-corrected chi connectivity index (χ0v) is 13.6. The Kier molecular flexibility index (Phi) is 4.34. The molecular formula is C16H23BrN2O. The minimum atomic E-state index is 0.281. The number of nitrogens with two attached hydrogens (primary N) is 1. The molecule has 2 aliphatic rings. The van der Waals surface area contributed by atoms with Crippen molar-refractivity contribution in [2.24, 2.45) is 11.7 Å². The van der Waals surface area contributed by atoms with Crippen molar-refractivity contribution >= 4 is 15.9 Å². The predicted molar refractivity (Wildman–Crippen MR) is 85.1 cm³/mol. The van der Waals surface area contributed by atoms with Gasteiger partial charge in [-0.15, -0.1) is 0 Å². The highest BCUT2D eigenvalue weighted by Crippen LogP contribution is 2.33. The van der Waals surface area contributed by atoms with E-state index in [-0.39, 0.29) is 6.10 Å². The van der Waals surface area contributed by atoms with E-state index >= 15 is 0 Å². The quantitative estimate of drug-likeness (QED) is 0.917. The van der Waals surface area contributed by atoms with Crippen molar-refractivity contribution in [2.75, 3.05) is 20.1 Å². The molecule has 2 N–H and O–H groups in total. The molecule has 0 saturated heterocycles. The molecule has 4 heteroatoms. The molecule has 0 aromatic heterocycles. The number of hydrogen-bond donors (Lipinski definition) is 1. The van der Waals surface area contributed by atoms with Gasteiger partial charge in [-0.3, -0.25) is 4.90 Å². The summed E-state index contributed by atoms with van der Waals surface area (Å²) in [6.45, 7) is 1.81. The molecule has 0 amide bonds. The van der Waals surface area contributed by atoms with Gasteiger partial charge in [0.05, 0.1) is 0 Å². The summed E-state index contributed by atoms with van der Waals surface area (Å²) < 4.78 is 7.20. The number of benzene rings is 1. The van der Waals surface area contributed by atoms with E-state index in [0.29, 0.717) is 12.0 Å². The van der Waals surface area contributed by atoms with Crippen molar-refractivity contribution in [3.05, 3.63) is 28.2 Å². The second-order valence-corrected chi connectivity index (χ2v) is 7.05. The molecule has 3 nitrogen and oxygen atoms in total. The van der Waals surface area contributed by atoms with Crippen LogP contribution in [0.5, 0.6) is 5.75 Å². The number of nitrogens with zero attached hydrogens (tertiary/aromatic N) is 1. The summed E-state index contributed by atoms with van der Waals surface area (Å²) >= 11 is 3.53. The number of likely N-dealkylation sites (N-methyl/N-ethyl adjacent to an activating group) is 1. The van der Waals surface area contributed by atoms with Crippen LogP contribution in [0.15, 0.2) is 22.7 Å². The van der Waals surface area contributed by atoms with Crippen LogP contribution in [0.2, 0.25) is 0 Å². The van der Waals surface area contributed by atoms with Crippen molar-refractivity contribution in [1.29, 1.82) is 0 Å². The first-order chi connectivity index (χ1) is 9.67. The average molecular weight is 339 g/mol. The molecule has 20 heavy (non-hydrogen) atoms. The fourth-order valence-corrected chi connectivity index (χ4v) is 4.13. The summed E-state index contributed by atoms with van der Waals surface area (Å²) in [5.41, 5.74) is 7.21. The second kappa shape index (κ2) is 6.04. The van der Waals surface area contributed by atoms with Gasteiger partial charge in [0.1, 0.15) is 11.9 Å². The van der Waals surface area contributed by atoms with E-state index < -0.39 is 0 Å². The Bertz CT molecular complexity index is 480. The Morgan fingerprint density at radius 1 is 1.40 bits per heavy atom. The van der Waals surface area contributed by atoms with Crippen molar-refractivity contribution < 1.29 is 4.74 Å². The molecule has 1 heterocycles. The van der Waals surface area contributed by atoms with E-state index in [1.807, 2.05) is 6.07 Å². The van der Waals surface area contributed by atoms with Gasteiger partial charge in [-0.2, -0.15) is 0 Å². The average Bonchev–Trinajstić information content (AvgIpc) is 3.03. The number of fused-ring (bicyclic) bond motifs is 1. The molecular weight excluding hydrogens is 316 g/mol. The molecule has 0 radical (unpaired) electrons. The van der Waals surface area contributed by atoms with Gasteiger partial charge in [-0.25, -0.2) is 0 Å². The van der Waals surface area contributed by atoms with Gasteiger partial charge in [0.15, 0.2) is 0 Å². The van der Waals surface area contributed by atoms with E-state index in [1.54, 1.807) is 0 Å². The van der Waals surface area contributed by atoms with Crippen LogP contribution < -0.4 is 10.5 Å². The fourth-order valence-electron chi connectivity index (χ4n) is 3.72. The molecule has 0 spiro atoms. The summed E-state index contributed by atoms with van der Waals surface area (Å²) in [6.07, 6.45) is 5.17. The Labute approximate surface area is 129 Å². The van der Waals surface area contributed by atoms with Gasteiger partial charge in [0, 0.05) is 23.5 Å². The zero-order chi connectivity index (χ0) is 14.1. The lowest BCUT2D eigenvalue weighted by molar-refractivity contribution is 0.122. The van der Waals surface area contributed by atoms with E-state index in [4.69, 9.17) is 10.5 Å². The molecule has 3 rings (SSSR count). The maximum absolute atomic E-state index is 6.07. The lowest BCUT2D eigenvalue weighted by Crippen LogP contribution is -2.42. The molecule has 3 atom stereocenters. The van der Waals surface area contributed by atoms with Crippen LogP contribution in [0.3, 0.4) is 0 Å². The summed E-state index contributed by atoms with van der Waals surface area (Å²) in [7, 11) is 2.22. The maximum Gasteiger partial charge on any atom is 0.123 e. The minimum absolute atomic E-state index is 0.281. The van der Waals surface area contributed by atoms with Gasteiger partial charge in [-0.05, 0) is 56.1 Å². The summed E-state index contributed by atoms with van der Waals surface area (Å²) in [6, 6.07) is 6.93. The SMILES string of the molecule is CN(CC1Cc2cc(Br)ccc2O1)C1CCCC1CN. The number of rotatable bonds is 4. The largest absolute Gasteiger partial charge is 0.488 e. The highest BCUT2D eigenvalue weighted by Gasteiger charge is 2.32. The predicted octanol–water partition coefficient (Wildman–Crippen LogP) is 2.81. The van der Waals surface area contributed by atoms with E-state index in [0.717, 1.165) is 29.7 Å². The minimum Gasteiger partial charge on any atom is -0.488 e. The monoisotopic (exact) mass is 338 g/mol. The van der Waals surface area contributed by atoms with Gasteiger partial charge in [-0.1, -0.05) is 22.4 Å². The molecule has 110 valence electrons. The molecule has 3 unspecified atom stereocenters. The Morgan fingerprint density at radius 2 is 2.25 bits per heavy atom. The first kappa shape index (κ1) is 14.4. The molecule has 1 aromatic carbocycles. The van der Waals surface area contributed by atoms with Crippen LogP contribution in [0, 0.1) is 5.92 Å².